The largest absolute Gasteiger partial charge is 0.494 e. The smallest absolute Gasteiger partial charge is 0.289 e. The molecule has 0 radical (unpaired) electrons. The molecule has 22 heavy (non-hydrogen) atoms. The maximum absolute atomic E-state index is 12.1. The van der Waals surface area contributed by atoms with E-state index in [0.717, 1.165) is 36.6 Å². The van der Waals surface area contributed by atoms with Gasteiger partial charge in [-0.2, -0.15) is 0 Å². The van der Waals surface area contributed by atoms with E-state index in [1.54, 1.807) is 0 Å². The Balaban J connectivity index is 1.62. The second kappa shape index (κ2) is 6.92. The molecule has 0 spiro atoms. The third kappa shape index (κ3) is 3.47. The lowest BCUT2D eigenvalue weighted by Gasteiger charge is -2.35. The minimum Gasteiger partial charge on any atom is -0.494 e. The summed E-state index contributed by atoms with van der Waals surface area (Å²) in [5, 5.41) is 3.75. The Morgan fingerprint density at radius 2 is 2.18 bits per heavy atom. The van der Waals surface area contributed by atoms with E-state index in [1.807, 2.05) is 24.3 Å². The fourth-order valence-electron chi connectivity index (χ4n) is 2.77. The highest BCUT2D eigenvalue weighted by molar-refractivity contribution is 6.33. The lowest BCUT2D eigenvalue weighted by molar-refractivity contribution is -0.123. The summed E-state index contributed by atoms with van der Waals surface area (Å²) in [7, 11) is 0. The van der Waals surface area contributed by atoms with Gasteiger partial charge in [0, 0.05) is 19.1 Å². The molecular formula is C16H19ClN2O3. The highest BCUT2D eigenvalue weighted by atomic mass is 35.5. The molecule has 1 atom stereocenters. The zero-order valence-electron chi connectivity index (χ0n) is 12.3. The zero-order valence-corrected chi connectivity index (χ0v) is 13.0. The molecule has 2 heterocycles. The van der Waals surface area contributed by atoms with Crippen LogP contribution in [0.25, 0.3) is 0 Å². The lowest BCUT2D eigenvalue weighted by Crippen LogP contribution is -2.48. The Morgan fingerprint density at radius 1 is 1.32 bits per heavy atom. The van der Waals surface area contributed by atoms with Gasteiger partial charge in [0.25, 0.3) is 5.91 Å². The number of nitrogens with one attached hydrogen (secondary N) is 1. The van der Waals surface area contributed by atoms with Crippen LogP contribution in [0.5, 0.6) is 0 Å². The number of amides is 1. The molecule has 1 N–H and O–H groups in total. The molecule has 0 bridgehead atoms. The number of anilines is 1. The van der Waals surface area contributed by atoms with Crippen LogP contribution in [0, 0.1) is 0 Å². The van der Waals surface area contributed by atoms with Gasteiger partial charge in [-0.3, -0.25) is 4.79 Å². The first-order chi connectivity index (χ1) is 10.7. The molecule has 6 heteroatoms. The molecule has 1 aromatic carbocycles. The van der Waals surface area contributed by atoms with E-state index in [0.29, 0.717) is 13.2 Å². The number of nitrogens with zero attached hydrogens (tertiary/aromatic N) is 1. The van der Waals surface area contributed by atoms with Crippen molar-refractivity contribution in [2.75, 3.05) is 31.2 Å². The molecule has 3 rings (SSSR count). The number of rotatable bonds is 3. The van der Waals surface area contributed by atoms with E-state index in [4.69, 9.17) is 21.1 Å². The SMILES string of the molecule is O=C(N[C@H]1CCCN(c2ccccc2Cl)C1)C1=COCCO1. The molecule has 0 aliphatic carbocycles. The molecule has 5 nitrogen and oxygen atoms in total. The summed E-state index contributed by atoms with van der Waals surface area (Å²) in [6, 6.07) is 7.86. The number of carbonyl (C=O) groups excluding carboxylic acids is 1. The van der Waals surface area contributed by atoms with E-state index in [-0.39, 0.29) is 17.7 Å². The summed E-state index contributed by atoms with van der Waals surface area (Å²) >= 11 is 6.26. The number of hydrogen-bond acceptors (Lipinski definition) is 4. The average Bonchev–Trinajstić information content (AvgIpc) is 2.56. The summed E-state index contributed by atoms with van der Waals surface area (Å²) in [5.41, 5.74) is 1.01. The van der Waals surface area contributed by atoms with Crippen molar-refractivity contribution in [2.45, 2.75) is 18.9 Å². The van der Waals surface area contributed by atoms with E-state index < -0.39 is 0 Å². The molecule has 2 aliphatic rings. The fraction of sp³-hybridized carbons (Fsp3) is 0.438. The van der Waals surface area contributed by atoms with Gasteiger partial charge in [-0.15, -0.1) is 0 Å². The quantitative estimate of drug-likeness (QED) is 0.928. The Labute approximate surface area is 134 Å². The van der Waals surface area contributed by atoms with Crippen molar-refractivity contribution >= 4 is 23.2 Å². The highest BCUT2D eigenvalue weighted by Crippen LogP contribution is 2.27. The van der Waals surface area contributed by atoms with Gasteiger partial charge in [-0.25, -0.2) is 0 Å². The van der Waals surface area contributed by atoms with Crippen molar-refractivity contribution < 1.29 is 14.3 Å². The maximum atomic E-state index is 12.1. The zero-order chi connectivity index (χ0) is 15.4. The van der Waals surface area contributed by atoms with Crippen LogP contribution in [0.1, 0.15) is 12.8 Å². The first-order valence-corrected chi connectivity index (χ1v) is 7.87. The Bertz CT molecular complexity index is 576. The van der Waals surface area contributed by atoms with E-state index in [2.05, 4.69) is 10.2 Å². The molecule has 0 unspecified atom stereocenters. The molecule has 2 aliphatic heterocycles. The Morgan fingerprint density at radius 3 is 2.95 bits per heavy atom. The van der Waals surface area contributed by atoms with Gasteiger partial charge in [-0.05, 0) is 25.0 Å². The topological polar surface area (TPSA) is 50.8 Å². The first kappa shape index (κ1) is 15.0. The number of para-hydroxylation sites is 1. The summed E-state index contributed by atoms with van der Waals surface area (Å²) < 4.78 is 10.4. The molecule has 1 aromatic rings. The summed E-state index contributed by atoms with van der Waals surface area (Å²) in [4.78, 5) is 14.4. The van der Waals surface area contributed by atoms with Gasteiger partial charge in [0.05, 0.1) is 10.7 Å². The number of carbonyl (C=O) groups is 1. The maximum Gasteiger partial charge on any atom is 0.289 e. The number of benzene rings is 1. The summed E-state index contributed by atoms with van der Waals surface area (Å²) in [5.74, 6) is 0.0341. The van der Waals surface area contributed by atoms with Crippen molar-refractivity contribution in [3.05, 3.63) is 41.3 Å². The molecule has 1 saturated heterocycles. The van der Waals surface area contributed by atoms with Crippen LogP contribution in [0.2, 0.25) is 5.02 Å². The van der Waals surface area contributed by atoms with Crippen LogP contribution < -0.4 is 10.2 Å². The van der Waals surface area contributed by atoms with Crippen molar-refractivity contribution in [1.29, 1.82) is 0 Å². The molecular weight excluding hydrogens is 304 g/mol. The average molecular weight is 323 g/mol. The fourth-order valence-corrected chi connectivity index (χ4v) is 3.02. The normalized spacial score (nSPS) is 21.4. The lowest BCUT2D eigenvalue weighted by atomic mass is 10.0. The van der Waals surface area contributed by atoms with Crippen LogP contribution in [-0.2, 0) is 14.3 Å². The number of halogens is 1. The second-order valence-electron chi connectivity index (χ2n) is 5.41. The van der Waals surface area contributed by atoms with Crippen LogP contribution in [-0.4, -0.2) is 38.3 Å². The number of piperidine rings is 1. The minimum absolute atomic E-state index is 0.0731. The molecule has 118 valence electrons. The van der Waals surface area contributed by atoms with Crippen molar-refractivity contribution in [2.24, 2.45) is 0 Å². The van der Waals surface area contributed by atoms with E-state index >= 15 is 0 Å². The summed E-state index contributed by atoms with van der Waals surface area (Å²) in [6.07, 6.45) is 3.33. The predicted molar refractivity (Wildman–Crippen MR) is 84.8 cm³/mol. The molecule has 0 saturated carbocycles. The first-order valence-electron chi connectivity index (χ1n) is 7.49. The van der Waals surface area contributed by atoms with Gasteiger partial charge < -0.3 is 19.7 Å². The molecule has 1 fully saturated rings. The van der Waals surface area contributed by atoms with Crippen LogP contribution >= 0.6 is 11.6 Å². The van der Waals surface area contributed by atoms with Gasteiger partial charge in [0.1, 0.15) is 19.5 Å². The van der Waals surface area contributed by atoms with Crippen molar-refractivity contribution in [3.8, 4) is 0 Å². The third-order valence-corrected chi connectivity index (χ3v) is 4.14. The Kier molecular flexibility index (Phi) is 4.73. The van der Waals surface area contributed by atoms with Crippen LogP contribution in [0.4, 0.5) is 5.69 Å². The predicted octanol–water partition coefficient (Wildman–Crippen LogP) is 2.31. The van der Waals surface area contributed by atoms with Crippen LogP contribution in [0.15, 0.2) is 36.3 Å². The van der Waals surface area contributed by atoms with E-state index in [1.165, 1.54) is 6.26 Å². The minimum atomic E-state index is -0.217. The van der Waals surface area contributed by atoms with Gasteiger partial charge in [0.2, 0.25) is 5.76 Å². The standard InChI is InChI=1S/C16H19ClN2O3/c17-13-5-1-2-6-14(13)19-7-3-4-12(10-19)18-16(20)15-11-21-8-9-22-15/h1-2,5-6,11-12H,3-4,7-10H2,(H,18,20)/t12-/m0/s1. The Hall–Kier alpha value is -1.88. The van der Waals surface area contributed by atoms with Crippen molar-refractivity contribution in [1.82, 2.24) is 5.32 Å². The summed E-state index contributed by atoms with van der Waals surface area (Å²) in [6.45, 7) is 2.58. The number of hydrogen-bond donors (Lipinski definition) is 1. The number of ether oxygens (including phenoxy) is 2. The van der Waals surface area contributed by atoms with Crippen LogP contribution in [0.3, 0.4) is 0 Å². The van der Waals surface area contributed by atoms with Gasteiger partial charge in [0.15, 0.2) is 0 Å². The van der Waals surface area contributed by atoms with E-state index in [9.17, 15) is 4.79 Å². The second-order valence-corrected chi connectivity index (χ2v) is 5.82. The highest BCUT2D eigenvalue weighted by Gasteiger charge is 2.25. The van der Waals surface area contributed by atoms with Gasteiger partial charge >= 0.3 is 0 Å². The van der Waals surface area contributed by atoms with Gasteiger partial charge in [-0.1, -0.05) is 23.7 Å². The van der Waals surface area contributed by atoms with Crippen molar-refractivity contribution in [3.63, 3.8) is 0 Å². The molecule has 1 amide bonds. The monoisotopic (exact) mass is 322 g/mol. The molecule has 0 aromatic heterocycles. The third-order valence-electron chi connectivity index (χ3n) is 3.82.